The van der Waals surface area contributed by atoms with Crippen LogP contribution in [0.5, 0.6) is 0 Å². The molecular formula is C15H21N5O3S2. The Kier molecular flexibility index (Phi) is 6.20. The molecule has 0 fully saturated rings. The van der Waals surface area contributed by atoms with Gasteiger partial charge in [0.25, 0.3) is 0 Å². The van der Waals surface area contributed by atoms with Gasteiger partial charge in [0.05, 0.1) is 10.6 Å². The second-order valence-corrected chi connectivity index (χ2v) is 8.62. The summed E-state index contributed by atoms with van der Waals surface area (Å²) in [7, 11) is -1.99. The highest BCUT2D eigenvalue weighted by molar-refractivity contribution is 7.99. The number of anilines is 1. The molecule has 0 saturated carbocycles. The minimum absolute atomic E-state index is 0.138. The summed E-state index contributed by atoms with van der Waals surface area (Å²) in [6.07, 6.45) is 0. The number of aromatic amines is 1. The zero-order valence-electron chi connectivity index (χ0n) is 14.5. The van der Waals surface area contributed by atoms with Gasteiger partial charge < -0.3 is 5.32 Å². The number of H-pyrrole nitrogens is 1. The minimum atomic E-state index is -3.53. The van der Waals surface area contributed by atoms with Crippen LogP contribution < -0.4 is 5.32 Å². The lowest BCUT2D eigenvalue weighted by Crippen LogP contribution is -2.33. The molecule has 2 N–H and O–H groups in total. The van der Waals surface area contributed by atoms with Crippen LogP contribution in [0, 0.1) is 6.92 Å². The molecule has 2 rings (SSSR count). The predicted octanol–water partition coefficient (Wildman–Crippen LogP) is 1.87. The molecule has 0 saturated heterocycles. The van der Waals surface area contributed by atoms with Crippen LogP contribution in [-0.4, -0.2) is 52.7 Å². The highest BCUT2D eigenvalue weighted by Gasteiger charge is 2.22. The quantitative estimate of drug-likeness (QED) is 0.707. The molecule has 0 spiro atoms. The van der Waals surface area contributed by atoms with Crippen molar-refractivity contribution >= 4 is 33.4 Å². The van der Waals surface area contributed by atoms with Crippen molar-refractivity contribution < 1.29 is 13.2 Å². The van der Waals surface area contributed by atoms with Crippen LogP contribution in [0.2, 0.25) is 0 Å². The first-order valence-electron chi connectivity index (χ1n) is 7.60. The maximum absolute atomic E-state index is 12.4. The molecule has 1 aromatic heterocycles. The van der Waals surface area contributed by atoms with E-state index in [1.54, 1.807) is 32.9 Å². The van der Waals surface area contributed by atoms with Gasteiger partial charge in [-0.1, -0.05) is 11.8 Å². The Morgan fingerprint density at radius 3 is 2.48 bits per heavy atom. The average Bonchev–Trinajstić information content (AvgIpc) is 2.98. The summed E-state index contributed by atoms with van der Waals surface area (Å²) >= 11 is 1.22. The van der Waals surface area contributed by atoms with E-state index in [2.05, 4.69) is 20.5 Å². The molecule has 0 unspecified atom stereocenters. The van der Waals surface area contributed by atoms with Crippen molar-refractivity contribution in [2.45, 2.75) is 36.9 Å². The predicted molar refractivity (Wildman–Crippen MR) is 97.0 cm³/mol. The van der Waals surface area contributed by atoms with Gasteiger partial charge in [-0.2, -0.15) is 4.31 Å². The van der Waals surface area contributed by atoms with Crippen LogP contribution >= 0.6 is 11.8 Å². The van der Waals surface area contributed by atoms with Crippen molar-refractivity contribution in [3.8, 4) is 0 Å². The molecule has 2 aromatic rings. The van der Waals surface area contributed by atoms with Crippen molar-refractivity contribution in [3.05, 3.63) is 30.1 Å². The van der Waals surface area contributed by atoms with Crippen molar-refractivity contribution in [3.63, 3.8) is 0 Å². The lowest BCUT2D eigenvalue weighted by atomic mass is 10.3. The molecule has 0 aliphatic rings. The third kappa shape index (κ3) is 5.03. The fourth-order valence-electron chi connectivity index (χ4n) is 1.87. The van der Waals surface area contributed by atoms with Gasteiger partial charge in [0.15, 0.2) is 0 Å². The molecule has 0 atom stereocenters. The fraction of sp³-hybridized carbons (Fsp3) is 0.400. The third-order valence-electron chi connectivity index (χ3n) is 3.45. The maximum Gasteiger partial charge on any atom is 0.243 e. The van der Waals surface area contributed by atoms with Crippen molar-refractivity contribution in [2.24, 2.45) is 0 Å². The van der Waals surface area contributed by atoms with Gasteiger partial charge >= 0.3 is 0 Å². The molecule has 25 heavy (non-hydrogen) atoms. The Labute approximate surface area is 151 Å². The summed E-state index contributed by atoms with van der Waals surface area (Å²) < 4.78 is 26.1. The number of aromatic nitrogens is 3. The summed E-state index contributed by atoms with van der Waals surface area (Å²) in [6, 6.07) is 5.97. The fourth-order valence-corrected chi connectivity index (χ4v) is 3.88. The number of benzene rings is 1. The van der Waals surface area contributed by atoms with Crippen molar-refractivity contribution in [1.29, 1.82) is 0 Å². The summed E-state index contributed by atoms with van der Waals surface area (Å²) in [5.74, 6) is 0.626. The van der Waals surface area contributed by atoms with Crippen LogP contribution in [0.15, 0.2) is 34.3 Å². The molecule has 136 valence electrons. The topological polar surface area (TPSA) is 108 Å². The van der Waals surface area contributed by atoms with Gasteiger partial charge in [0.1, 0.15) is 5.82 Å². The van der Waals surface area contributed by atoms with Gasteiger partial charge in [-0.25, -0.2) is 13.4 Å². The van der Waals surface area contributed by atoms with Crippen LogP contribution in [-0.2, 0) is 14.8 Å². The van der Waals surface area contributed by atoms with E-state index in [0.29, 0.717) is 16.7 Å². The molecule has 1 heterocycles. The number of aryl methyl sites for hydroxylation is 1. The maximum atomic E-state index is 12.4. The van der Waals surface area contributed by atoms with E-state index >= 15 is 0 Å². The van der Waals surface area contributed by atoms with Gasteiger partial charge in [-0.05, 0) is 45.0 Å². The number of carbonyl (C=O) groups excluding carboxylic acids is 1. The summed E-state index contributed by atoms with van der Waals surface area (Å²) in [5.41, 5.74) is 0.530. The number of nitrogens with zero attached hydrogens (tertiary/aromatic N) is 3. The van der Waals surface area contributed by atoms with Crippen molar-refractivity contribution in [2.75, 3.05) is 18.1 Å². The Balaban J connectivity index is 1.96. The first-order chi connectivity index (χ1) is 11.7. The number of thioether (sulfide) groups is 1. The Morgan fingerprint density at radius 2 is 1.96 bits per heavy atom. The molecule has 1 amide bonds. The SMILES string of the molecule is Cc1nc(SCC(=O)Nc2ccc(S(=O)(=O)N(C)C(C)C)cc2)n[nH]1. The Bertz CT molecular complexity index is 831. The van der Waals surface area contributed by atoms with Crippen LogP contribution in [0.4, 0.5) is 5.69 Å². The van der Waals surface area contributed by atoms with Crippen LogP contribution in [0.25, 0.3) is 0 Å². The second kappa shape index (κ2) is 7.98. The van der Waals surface area contributed by atoms with E-state index in [4.69, 9.17) is 0 Å². The number of rotatable bonds is 7. The van der Waals surface area contributed by atoms with Gasteiger partial charge in [-0.3, -0.25) is 9.89 Å². The number of amides is 1. The van der Waals surface area contributed by atoms with Crippen LogP contribution in [0.3, 0.4) is 0 Å². The zero-order valence-corrected chi connectivity index (χ0v) is 16.1. The highest BCUT2D eigenvalue weighted by Crippen LogP contribution is 2.19. The number of carbonyl (C=O) groups is 1. The van der Waals surface area contributed by atoms with E-state index in [0.717, 1.165) is 0 Å². The average molecular weight is 383 g/mol. The van der Waals surface area contributed by atoms with Crippen LogP contribution in [0.1, 0.15) is 19.7 Å². The lowest BCUT2D eigenvalue weighted by Gasteiger charge is -2.21. The molecule has 8 nitrogen and oxygen atoms in total. The summed E-state index contributed by atoms with van der Waals surface area (Å²) in [6.45, 7) is 5.39. The summed E-state index contributed by atoms with van der Waals surface area (Å²) in [5, 5.41) is 9.87. The molecule has 0 aliphatic carbocycles. The number of hydrogen-bond donors (Lipinski definition) is 2. The molecule has 10 heteroatoms. The Hall–Kier alpha value is -1.91. The largest absolute Gasteiger partial charge is 0.325 e. The smallest absolute Gasteiger partial charge is 0.243 e. The lowest BCUT2D eigenvalue weighted by molar-refractivity contribution is -0.113. The minimum Gasteiger partial charge on any atom is -0.325 e. The molecule has 0 radical (unpaired) electrons. The van der Waals surface area contributed by atoms with Gasteiger partial charge in [0, 0.05) is 18.8 Å². The number of hydrogen-bond acceptors (Lipinski definition) is 6. The molecule has 1 aromatic carbocycles. The van der Waals surface area contributed by atoms with E-state index in [1.807, 2.05) is 0 Å². The first kappa shape index (κ1) is 19.4. The van der Waals surface area contributed by atoms with E-state index in [9.17, 15) is 13.2 Å². The first-order valence-corrected chi connectivity index (χ1v) is 10.0. The standard InChI is InChI=1S/C15H21N5O3S2/c1-10(2)20(4)25(22,23)13-7-5-12(6-8-13)17-14(21)9-24-15-16-11(3)18-19-15/h5-8,10H,9H2,1-4H3,(H,17,21)(H,16,18,19). The number of nitrogens with one attached hydrogen (secondary N) is 2. The summed E-state index contributed by atoms with van der Waals surface area (Å²) in [4.78, 5) is 16.2. The molecule has 0 bridgehead atoms. The van der Waals surface area contributed by atoms with Gasteiger partial charge in [-0.15, -0.1) is 5.10 Å². The highest BCUT2D eigenvalue weighted by atomic mass is 32.2. The molecular weight excluding hydrogens is 362 g/mol. The normalized spacial score (nSPS) is 11.9. The van der Waals surface area contributed by atoms with E-state index in [-0.39, 0.29) is 22.6 Å². The second-order valence-electron chi connectivity index (χ2n) is 5.68. The van der Waals surface area contributed by atoms with E-state index < -0.39 is 10.0 Å². The zero-order chi connectivity index (χ0) is 18.6. The van der Waals surface area contributed by atoms with E-state index in [1.165, 1.54) is 35.2 Å². The molecule has 0 aliphatic heterocycles. The monoisotopic (exact) mass is 383 g/mol. The number of sulfonamides is 1. The van der Waals surface area contributed by atoms with Gasteiger partial charge in [0.2, 0.25) is 21.1 Å². The third-order valence-corrected chi connectivity index (χ3v) is 6.35. The Morgan fingerprint density at radius 1 is 1.32 bits per heavy atom. The van der Waals surface area contributed by atoms with Crippen molar-refractivity contribution in [1.82, 2.24) is 19.5 Å².